The monoisotopic (exact) mass is 325 g/mol. The maximum Gasteiger partial charge on any atom is 0.312 e. The number of ketones is 1. The lowest BCUT2D eigenvalue weighted by atomic mass is 9.96. The zero-order valence-electron chi connectivity index (χ0n) is 14.0. The van der Waals surface area contributed by atoms with E-state index in [-0.39, 0.29) is 5.78 Å². The Morgan fingerprint density at radius 3 is 2.83 bits per heavy atom. The van der Waals surface area contributed by atoms with Gasteiger partial charge in [0.1, 0.15) is 0 Å². The second-order valence-electron chi connectivity index (χ2n) is 6.46. The molecule has 0 fully saturated rings. The summed E-state index contributed by atoms with van der Waals surface area (Å²) < 4.78 is 1.89. The van der Waals surface area contributed by atoms with E-state index in [1.165, 1.54) is 5.56 Å². The van der Waals surface area contributed by atoms with Gasteiger partial charge < -0.3 is 9.67 Å². The third-order valence-electron chi connectivity index (χ3n) is 4.78. The van der Waals surface area contributed by atoms with Crippen LogP contribution >= 0.6 is 0 Å². The average molecular weight is 325 g/mol. The first-order chi connectivity index (χ1) is 11.6. The molecule has 1 unspecified atom stereocenters. The molecule has 4 heteroatoms. The number of hydrogen-bond acceptors (Lipinski definition) is 2. The zero-order valence-corrected chi connectivity index (χ0v) is 14.0. The third kappa shape index (κ3) is 3.14. The van der Waals surface area contributed by atoms with E-state index in [4.69, 9.17) is 0 Å². The van der Waals surface area contributed by atoms with Gasteiger partial charge in [-0.15, -0.1) is 0 Å². The number of benzene rings is 1. The number of aryl methyl sites for hydroxylation is 1. The van der Waals surface area contributed by atoms with E-state index < -0.39 is 11.9 Å². The van der Waals surface area contributed by atoms with Crippen LogP contribution in [0.1, 0.15) is 65.8 Å². The van der Waals surface area contributed by atoms with Crippen LogP contribution in [0, 0.1) is 0 Å². The largest absolute Gasteiger partial charge is 0.481 e. The Morgan fingerprint density at radius 1 is 1.25 bits per heavy atom. The summed E-state index contributed by atoms with van der Waals surface area (Å²) in [6.45, 7) is 2.86. The first-order valence-corrected chi connectivity index (χ1v) is 8.67. The number of carbonyl (C=O) groups is 2. The van der Waals surface area contributed by atoms with Crippen LogP contribution in [0.25, 0.3) is 0 Å². The van der Waals surface area contributed by atoms with E-state index in [0.717, 1.165) is 31.4 Å². The highest BCUT2D eigenvalue weighted by molar-refractivity contribution is 6.08. The molecule has 0 amide bonds. The van der Waals surface area contributed by atoms with Crippen molar-refractivity contribution in [3.8, 4) is 0 Å². The molecular weight excluding hydrogens is 302 g/mol. The molecule has 0 radical (unpaired) electrons. The molecule has 0 aliphatic carbocycles. The third-order valence-corrected chi connectivity index (χ3v) is 4.78. The van der Waals surface area contributed by atoms with Gasteiger partial charge >= 0.3 is 5.97 Å². The minimum absolute atomic E-state index is 0.0226. The average Bonchev–Trinajstić information content (AvgIpc) is 3.03. The Balaban J connectivity index is 1.90. The Kier molecular flexibility index (Phi) is 4.84. The van der Waals surface area contributed by atoms with Crippen molar-refractivity contribution in [1.29, 1.82) is 0 Å². The number of carboxylic acid groups (broad SMARTS) is 1. The standard InChI is InChI=1S/C20H23NO3/c1-2-3-6-14-7-4-8-15(13-14)19(22)18-11-10-17-16(20(23)24)9-5-12-21(17)18/h4,7-8,10-11,13,16H,2-3,5-6,9,12H2,1H3,(H,23,24). The minimum atomic E-state index is -0.811. The van der Waals surface area contributed by atoms with Crippen molar-refractivity contribution in [2.45, 2.75) is 51.5 Å². The molecule has 1 aromatic heterocycles. The molecule has 0 spiro atoms. The van der Waals surface area contributed by atoms with E-state index in [9.17, 15) is 14.7 Å². The van der Waals surface area contributed by atoms with Crippen LogP contribution < -0.4 is 0 Å². The maximum absolute atomic E-state index is 12.9. The van der Waals surface area contributed by atoms with Crippen molar-refractivity contribution in [2.75, 3.05) is 0 Å². The van der Waals surface area contributed by atoms with Crippen molar-refractivity contribution >= 4 is 11.8 Å². The van der Waals surface area contributed by atoms with Crippen LogP contribution in [-0.4, -0.2) is 21.4 Å². The number of aliphatic carboxylic acids is 1. The summed E-state index contributed by atoms with van der Waals surface area (Å²) in [5.74, 6) is -1.34. The Labute approximate surface area is 142 Å². The molecule has 126 valence electrons. The SMILES string of the molecule is CCCCc1cccc(C(=O)c2ccc3n2CCCC3C(=O)O)c1. The molecule has 1 atom stereocenters. The van der Waals surface area contributed by atoms with Crippen molar-refractivity contribution in [1.82, 2.24) is 4.57 Å². The summed E-state index contributed by atoms with van der Waals surface area (Å²) in [5, 5.41) is 9.37. The van der Waals surface area contributed by atoms with Gasteiger partial charge in [-0.1, -0.05) is 31.5 Å². The van der Waals surface area contributed by atoms with Crippen molar-refractivity contribution in [2.24, 2.45) is 0 Å². The first kappa shape index (κ1) is 16.5. The van der Waals surface area contributed by atoms with E-state index >= 15 is 0 Å². The second-order valence-corrected chi connectivity index (χ2v) is 6.46. The summed E-state index contributed by atoms with van der Waals surface area (Å²) in [6.07, 6.45) is 4.64. The van der Waals surface area contributed by atoms with Crippen LogP contribution in [0.4, 0.5) is 0 Å². The van der Waals surface area contributed by atoms with E-state index in [1.807, 2.05) is 22.8 Å². The summed E-state index contributed by atoms with van der Waals surface area (Å²) in [7, 11) is 0. The number of fused-ring (bicyclic) bond motifs is 1. The van der Waals surface area contributed by atoms with Gasteiger partial charge in [0.15, 0.2) is 0 Å². The molecule has 24 heavy (non-hydrogen) atoms. The number of hydrogen-bond donors (Lipinski definition) is 1. The second kappa shape index (κ2) is 7.04. The number of unbranched alkanes of at least 4 members (excludes halogenated alkanes) is 1. The molecular formula is C20H23NO3. The highest BCUT2D eigenvalue weighted by Crippen LogP contribution is 2.30. The lowest BCUT2D eigenvalue weighted by Gasteiger charge is -2.23. The summed E-state index contributed by atoms with van der Waals surface area (Å²) in [6, 6.07) is 11.4. The number of aromatic nitrogens is 1. The van der Waals surface area contributed by atoms with Gasteiger partial charge in [-0.3, -0.25) is 9.59 Å². The van der Waals surface area contributed by atoms with E-state index in [0.29, 0.717) is 24.2 Å². The van der Waals surface area contributed by atoms with Crippen LogP contribution in [-0.2, 0) is 17.8 Å². The van der Waals surface area contributed by atoms with Crippen LogP contribution in [0.5, 0.6) is 0 Å². The number of carbonyl (C=O) groups excluding carboxylic acids is 1. The lowest BCUT2D eigenvalue weighted by molar-refractivity contribution is -0.139. The Morgan fingerprint density at radius 2 is 2.08 bits per heavy atom. The van der Waals surface area contributed by atoms with Gasteiger partial charge in [-0.25, -0.2) is 0 Å². The maximum atomic E-state index is 12.9. The van der Waals surface area contributed by atoms with Gasteiger partial charge in [-0.2, -0.15) is 0 Å². The molecule has 2 aromatic rings. The smallest absolute Gasteiger partial charge is 0.312 e. The molecule has 0 saturated carbocycles. The summed E-state index contributed by atoms with van der Waals surface area (Å²) >= 11 is 0. The zero-order chi connectivity index (χ0) is 17.1. The minimum Gasteiger partial charge on any atom is -0.481 e. The summed E-state index contributed by atoms with van der Waals surface area (Å²) in [5.41, 5.74) is 3.21. The highest BCUT2D eigenvalue weighted by Gasteiger charge is 2.29. The van der Waals surface area contributed by atoms with E-state index in [1.54, 1.807) is 12.1 Å². The van der Waals surface area contributed by atoms with Gasteiger partial charge in [0, 0.05) is 17.8 Å². The molecule has 1 aliphatic rings. The highest BCUT2D eigenvalue weighted by atomic mass is 16.4. The van der Waals surface area contributed by atoms with Gasteiger partial charge in [0.25, 0.3) is 0 Å². The predicted octanol–water partition coefficient (Wildman–Crippen LogP) is 4.02. The molecule has 1 N–H and O–H groups in total. The van der Waals surface area contributed by atoms with Crippen LogP contribution in [0.15, 0.2) is 36.4 Å². The van der Waals surface area contributed by atoms with Crippen molar-refractivity contribution in [3.63, 3.8) is 0 Å². The number of rotatable bonds is 6. The topological polar surface area (TPSA) is 59.3 Å². The quantitative estimate of drug-likeness (QED) is 0.816. The molecule has 0 bridgehead atoms. The molecule has 1 aromatic carbocycles. The molecule has 0 saturated heterocycles. The Bertz CT molecular complexity index is 760. The van der Waals surface area contributed by atoms with Crippen LogP contribution in [0.2, 0.25) is 0 Å². The molecule has 2 heterocycles. The van der Waals surface area contributed by atoms with E-state index in [2.05, 4.69) is 13.0 Å². The van der Waals surface area contributed by atoms with Gasteiger partial charge in [0.2, 0.25) is 5.78 Å². The number of nitrogens with zero attached hydrogens (tertiary/aromatic N) is 1. The fraction of sp³-hybridized carbons (Fsp3) is 0.400. The first-order valence-electron chi connectivity index (χ1n) is 8.67. The lowest BCUT2D eigenvalue weighted by Crippen LogP contribution is -2.23. The summed E-state index contributed by atoms with van der Waals surface area (Å²) in [4.78, 5) is 24.3. The molecule has 4 nitrogen and oxygen atoms in total. The predicted molar refractivity (Wildman–Crippen MR) is 92.5 cm³/mol. The fourth-order valence-electron chi connectivity index (χ4n) is 3.48. The van der Waals surface area contributed by atoms with Crippen molar-refractivity contribution < 1.29 is 14.7 Å². The van der Waals surface area contributed by atoms with Gasteiger partial charge in [-0.05, 0) is 49.4 Å². The Hall–Kier alpha value is -2.36. The number of carboxylic acids is 1. The van der Waals surface area contributed by atoms with Crippen molar-refractivity contribution in [3.05, 3.63) is 58.9 Å². The molecule has 3 rings (SSSR count). The van der Waals surface area contributed by atoms with Gasteiger partial charge in [0.05, 0.1) is 11.6 Å². The normalized spacial score (nSPS) is 16.6. The molecule has 1 aliphatic heterocycles. The fourth-order valence-corrected chi connectivity index (χ4v) is 3.48. The van der Waals surface area contributed by atoms with Crippen LogP contribution in [0.3, 0.4) is 0 Å².